The number of ether oxygens (including phenoxy) is 1. The molecule has 0 bridgehead atoms. The molecule has 2 aliphatic heterocycles. The highest BCUT2D eigenvalue weighted by atomic mass is 19.4. The molecular formula is C17H16F6N4O2. The summed E-state index contributed by atoms with van der Waals surface area (Å²) in [5.41, 5.74) is -2.50. The number of nitriles is 1. The monoisotopic (exact) mass is 422 g/mol. The van der Waals surface area contributed by atoms with Gasteiger partial charge in [-0.2, -0.15) is 31.6 Å². The van der Waals surface area contributed by atoms with Crippen LogP contribution in [0.3, 0.4) is 0 Å². The Kier molecular flexibility index (Phi) is 5.64. The van der Waals surface area contributed by atoms with Crippen LogP contribution in [-0.4, -0.2) is 62.0 Å². The number of halogens is 6. The van der Waals surface area contributed by atoms with Gasteiger partial charge in [-0.1, -0.05) is 0 Å². The predicted molar refractivity (Wildman–Crippen MR) is 87.7 cm³/mol. The van der Waals surface area contributed by atoms with E-state index in [-0.39, 0.29) is 0 Å². The molecule has 1 aromatic rings. The van der Waals surface area contributed by atoms with Gasteiger partial charge in [-0.25, -0.2) is 0 Å². The maximum absolute atomic E-state index is 13.5. The van der Waals surface area contributed by atoms with E-state index in [9.17, 15) is 31.1 Å². The lowest BCUT2D eigenvalue weighted by atomic mass is 10.1. The van der Waals surface area contributed by atoms with E-state index >= 15 is 0 Å². The van der Waals surface area contributed by atoms with E-state index in [0.717, 1.165) is 12.1 Å². The maximum Gasteiger partial charge on any atom is 0.433 e. The molecule has 2 aliphatic rings. The second-order valence-electron chi connectivity index (χ2n) is 6.59. The van der Waals surface area contributed by atoms with Crippen LogP contribution in [0.4, 0.5) is 32.0 Å². The fourth-order valence-corrected chi connectivity index (χ4v) is 3.31. The summed E-state index contributed by atoms with van der Waals surface area (Å²) in [5.74, 6) is -0.645. The average Bonchev–Trinajstić information content (AvgIpc) is 3.13. The number of carbonyl (C=O) groups is 1. The van der Waals surface area contributed by atoms with Gasteiger partial charge in [0.25, 0.3) is 5.91 Å². The van der Waals surface area contributed by atoms with Gasteiger partial charge < -0.3 is 19.9 Å². The molecule has 0 aromatic heterocycles. The quantitative estimate of drug-likeness (QED) is 0.740. The smallest absolute Gasteiger partial charge is 0.338 e. The van der Waals surface area contributed by atoms with Crippen molar-refractivity contribution in [3.8, 4) is 6.07 Å². The van der Waals surface area contributed by atoms with Crippen molar-refractivity contribution >= 4 is 11.6 Å². The third-order valence-corrected chi connectivity index (χ3v) is 4.68. The molecule has 0 radical (unpaired) electrons. The van der Waals surface area contributed by atoms with Crippen LogP contribution in [0.15, 0.2) is 18.2 Å². The van der Waals surface area contributed by atoms with Crippen LogP contribution in [0.1, 0.15) is 11.1 Å². The summed E-state index contributed by atoms with van der Waals surface area (Å²) in [6.45, 7) is 0.996. The number of amides is 1. The topological polar surface area (TPSA) is 68.6 Å². The van der Waals surface area contributed by atoms with Gasteiger partial charge in [0.05, 0.1) is 23.7 Å². The first-order chi connectivity index (χ1) is 13.5. The molecule has 3 rings (SSSR count). The molecule has 0 saturated carbocycles. The number of piperazine rings is 1. The van der Waals surface area contributed by atoms with Gasteiger partial charge in [0.2, 0.25) is 6.23 Å². The van der Waals surface area contributed by atoms with Crippen molar-refractivity contribution in [3.05, 3.63) is 29.3 Å². The van der Waals surface area contributed by atoms with Gasteiger partial charge >= 0.3 is 12.4 Å². The minimum Gasteiger partial charge on any atom is -0.338 e. The average molecular weight is 422 g/mol. The number of nitrogens with zero attached hydrogens (tertiary/aromatic N) is 3. The molecule has 1 aromatic carbocycles. The lowest BCUT2D eigenvalue weighted by Crippen LogP contribution is -2.50. The Morgan fingerprint density at radius 1 is 1.17 bits per heavy atom. The van der Waals surface area contributed by atoms with Crippen molar-refractivity contribution in [3.63, 3.8) is 0 Å². The molecule has 2 heterocycles. The van der Waals surface area contributed by atoms with E-state index in [1.54, 1.807) is 0 Å². The summed E-state index contributed by atoms with van der Waals surface area (Å²) >= 11 is 0. The Balaban J connectivity index is 1.92. The minimum atomic E-state index is -4.94. The fourth-order valence-electron chi connectivity index (χ4n) is 3.31. The molecule has 6 nitrogen and oxygen atoms in total. The second kappa shape index (κ2) is 7.72. The van der Waals surface area contributed by atoms with Crippen molar-refractivity contribution in [1.82, 2.24) is 10.2 Å². The Labute approximate surface area is 161 Å². The Bertz CT molecular complexity index is 814. The number of alkyl halides is 6. The molecule has 0 unspecified atom stereocenters. The number of nitrogens with one attached hydrogen (secondary N) is 1. The summed E-state index contributed by atoms with van der Waals surface area (Å²) in [6, 6.07) is 3.63. The number of carbonyl (C=O) groups excluding carboxylic acids is 1. The van der Waals surface area contributed by atoms with Crippen LogP contribution in [-0.2, 0) is 15.7 Å². The molecule has 0 aliphatic carbocycles. The predicted octanol–water partition coefficient (Wildman–Crippen LogP) is 2.10. The zero-order valence-corrected chi connectivity index (χ0v) is 14.8. The molecule has 2 fully saturated rings. The number of benzene rings is 1. The van der Waals surface area contributed by atoms with Gasteiger partial charge in [0, 0.05) is 31.9 Å². The third kappa shape index (κ3) is 4.40. The summed E-state index contributed by atoms with van der Waals surface area (Å²) in [7, 11) is 0. The van der Waals surface area contributed by atoms with E-state index in [0.29, 0.717) is 37.1 Å². The van der Waals surface area contributed by atoms with E-state index in [1.807, 2.05) is 0 Å². The van der Waals surface area contributed by atoms with Crippen LogP contribution in [0.2, 0.25) is 0 Å². The first-order valence-electron chi connectivity index (χ1n) is 8.62. The molecule has 0 spiro atoms. The summed E-state index contributed by atoms with van der Waals surface area (Å²) < 4.78 is 84.9. The van der Waals surface area contributed by atoms with E-state index in [4.69, 9.17) is 10.00 Å². The van der Waals surface area contributed by atoms with E-state index < -0.39 is 54.0 Å². The zero-order valence-electron chi connectivity index (χ0n) is 14.8. The van der Waals surface area contributed by atoms with Crippen LogP contribution < -0.4 is 10.2 Å². The standard InChI is InChI=1S/C17H16F6N4O2/c18-16(19,20)12-7-11(2-1-10(12)8-24)27-9-13(29-15(27)17(21,22)23)14(28)26-5-3-25-4-6-26/h1-2,7,13,15,25H,3-6,9H2/t13-,15+/m0/s1. The molecular weight excluding hydrogens is 406 g/mol. The second-order valence-corrected chi connectivity index (χ2v) is 6.59. The normalized spacial score (nSPS) is 23.2. The van der Waals surface area contributed by atoms with Crippen LogP contribution in [0.5, 0.6) is 0 Å². The van der Waals surface area contributed by atoms with Crippen molar-refractivity contribution in [2.75, 3.05) is 37.6 Å². The molecule has 2 atom stereocenters. The number of hydrogen-bond acceptors (Lipinski definition) is 5. The van der Waals surface area contributed by atoms with Crippen molar-refractivity contribution < 1.29 is 35.9 Å². The van der Waals surface area contributed by atoms with Gasteiger partial charge in [0.1, 0.15) is 0 Å². The van der Waals surface area contributed by atoms with Crippen LogP contribution >= 0.6 is 0 Å². The zero-order chi connectivity index (χ0) is 21.4. The SMILES string of the molecule is N#Cc1ccc(N2C[C@@H](C(=O)N3CCNCC3)O[C@@H]2C(F)(F)F)cc1C(F)(F)F. The molecule has 1 N–H and O–H groups in total. The van der Waals surface area contributed by atoms with Gasteiger partial charge in [0.15, 0.2) is 6.10 Å². The van der Waals surface area contributed by atoms with Gasteiger partial charge in [-0.15, -0.1) is 0 Å². The van der Waals surface area contributed by atoms with Crippen molar-refractivity contribution in [2.45, 2.75) is 24.7 Å². The van der Waals surface area contributed by atoms with Gasteiger partial charge in [-0.3, -0.25) is 4.79 Å². The molecule has 1 amide bonds. The van der Waals surface area contributed by atoms with Crippen LogP contribution in [0.25, 0.3) is 0 Å². The highest BCUT2D eigenvalue weighted by Crippen LogP contribution is 2.39. The Hall–Kier alpha value is -2.52. The first kappa shape index (κ1) is 21.2. The maximum atomic E-state index is 13.5. The number of rotatable bonds is 2. The van der Waals surface area contributed by atoms with Gasteiger partial charge in [-0.05, 0) is 18.2 Å². The molecule has 29 heavy (non-hydrogen) atoms. The van der Waals surface area contributed by atoms with E-state index in [2.05, 4.69) is 5.32 Å². The summed E-state index contributed by atoms with van der Waals surface area (Å²) in [6.07, 6.45) is -13.9. The highest BCUT2D eigenvalue weighted by Gasteiger charge is 2.53. The first-order valence-corrected chi connectivity index (χ1v) is 8.62. The largest absolute Gasteiger partial charge is 0.433 e. The highest BCUT2D eigenvalue weighted by molar-refractivity contribution is 5.82. The minimum absolute atomic E-state index is 0.296. The van der Waals surface area contributed by atoms with E-state index in [1.165, 1.54) is 11.0 Å². The number of anilines is 1. The Morgan fingerprint density at radius 3 is 2.38 bits per heavy atom. The molecule has 2 saturated heterocycles. The fraction of sp³-hybridized carbons (Fsp3) is 0.529. The summed E-state index contributed by atoms with van der Waals surface area (Å²) in [5, 5.41) is 11.9. The summed E-state index contributed by atoms with van der Waals surface area (Å²) in [4.78, 5) is 14.5. The van der Waals surface area contributed by atoms with Crippen LogP contribution in [0, 0.1) is 11.3 Å². The lowest BCUT2D eigenvalue weighted by Gasteiger charge is -2.29. The number of hydrogen-bond donors (Lipinski definition) is 1. The van der Waals surface area contributed by atoms with Crippen molar-refractivity contribution in [2.24, 2.45) is 0 Å². The Morgan fingerprint density at radius 2 is 1.83 bits per heavy atom. The van der Waals surface area contributed by atoms with Crippen molar-refractivity contribution in [1.29, 1.82) is 5.26 Å². The molecule has 158 valence electrons. The third-order valence-electron chi connectivity index (χ3n) is 4.68. The lowest BCUT2D eigenvalue weighted by molar-refractivity contribution is -0.214. The molecule has 12 heteroatoms.